The average molecular weight is 258 g/mol. The van der Waals surface area contributed by atoms with E-state index >= 15 is 0 Å². The maximum Gasteiger partial charge on any atom is 0.0320 e. The Morgan fingerprint density at radius 2 is 1.74 bits per heavy atom. The zero-order chi connectivity index (χ0) is 12.9. The topological polar surface area (TPSA) is 15.3 Å². The van der Waals surface area contributed by atoms with Gasteiger partial charge in [0.15, 0.2) is 0 Å². The number of nitrogens with one attached hydrogen (secondary N) is 1. The average Bonchev–Trinajstić information content (AvgIpc) is 2.50. The molecular formula is C17H26N2. The van der Waals surface area contributed by atoms with Crippen molar-refractivity contribution in [1.29, 1.82) is 0 Å². The second-order valence-electron chi connectivity index (χ2n) is 6.08. The molecule has 19 heavy (non-hydrogen) atoms. The van der Waals surface area contributed by atoms with Crippen LogP contribution in [0, 0.1) is 0 Å². The molecule has 0 aromatic heterocycles. The molecule has 1 unspecified atom stereocenters. The second kappa shape index (κ2) is 6.53. The van der Waals surface area contributed by atoms with E-state index in [4.69, 9.17) is 0 Å². The van der Waals surface area contributed by atoms with Gasteiger partial charge in [0.2, 0.25) is 0 Å². The minimum Gasteiger partial charge on any atom is -0.310 e. The minimum atomic E-state index is 0.595. The third kappa shape index (κ3) is 3.58. The van der Waals surface area contributed by atoms with Crippen LogP contribution in [-0.2, 0) is 6.54 Å². The maximum absolute atomic E-state index is 3.63. The molecule has 0 saturated carbocycles. The minimum absolute atomic E-state index is 0.595. The van der Waals surface area contributed by atoms with Gasteiger partial charge < -0.3 is 5.32 Å². The second-order valence-corrected chi connectivity index (χ2v) is 6.08. The third-order valence-corrected chi connectivity index (χ3v) is 4.55. The molecule has 1 N–H and O–H groups in total. The van der Waals surface area contributed by atoms with Crippen molar-refractivity contribution in [2.24, 2.45) is 0 Å². The Morgan fingerprint density at radius 3 is 2.42 bits per heavy atom. The Balaban J connectivity index is 1.58. The van der Waals surface area contributed by atoms with Crippen molar-refractivity contribution in [3.8, 4) is 0 Å². The molecule has 0 aliphatic carbocycles. The Morgan fingerprint density at radius 1 is 0.947 bits per heavy atom. The summed E-state index contributed by atoms with van der Waals surface area (Å²) < 4.78 is 0. The molecule has 2 aliphatic heterocycles. The molecule has 0 spiro atoms. The highest BCUT2D eigenvalue weighted by Crippen LogP contribution is 2.23. The number of likely N-dealkylation sites (tertiary alicyclic amines) is 1. The summed E-state index contributed by atoms with van der Waals surface area (Å²) in [6.07, 6.45) is 8.18. The van der Waals surface area contributed by atoms with Crippen LogP contribution in [0.1, 0.15) is 55.7 Å². The Kier molecular flexibility index (Phi) is 4.52. The first-order valence-corrected chi connectivity index (χ1v) is 7.96. The molecule has 104 valence electrons. The van der Waals surface area contributed by atoms with Crippen molar-refractivity contribution in [2.45, 2.75) is 51.1 Å². The summed E-state index contributed by atoms with van der Waals surface area (Å²) in [4.78, 5) is 2.59. The maximum atomic E-state index is 3.63. The molecule has 2 fully saturated rings. The lowest BCUT2D eigenvalue weighted by atomic mass is 9.96. The predicted molar refractivity (Wildman–Crippen MR) is 80.2 cm³/mol. The van der Waals surface area contributed by atoms with E-state index in [1.165, 1.54) is 69.3 Å². The highest BCUT2D eigenvalue weighted by Gasteiger charge is 2.15. The first-order valence-electron chi connectivity index (χ1n) is 7.96. The molecule has 2 heteroatoms. The van der Waals surface area contributed by atoms with Gasteiger partial charge in [-0.1, -0.05) is 37.1 Å². The van der Waals surface area contributed by atoms with E-state index in [1.807, 2.05) is 0 Å². The molecule has 3 rings (SSSR count). The van der Waals surface area contributed by atoms with Gasteiger partial charge in [0, 0.05) is 12.6 Å². The lowest BCUT2D eigenvalue weighted by molar-refractivity contribution is 0.221. The molecule has 1 aromatic rings. The summed E-state index contributed by atoms with van der Waals surface area (Å²) in [7, 11) is 0. The Hall–Kier alpha value is -0.860. The SMILES string of the molecule is c1cc(C2CCCCN2)ccc1CN1CCCCC1. The Labute approximate surface area is 117 Å². The van der Waals surface area contributed by atoms with Gasteiger partial charge in [-0.05, 0) is 56.4 Å². The predicted octanol–water partition coefficient (Wildman–Crippen LogP) is 3.49. The van der Waals surface area contributed by atoms with Crippen LogP contribution in [0.15, 0.2) is 24.3 Å². The fourth-order valence-electron chi connectivity index (χ4n) is 3.37. The summed E-state index contributed by atoms with van der Waals surface area (Å²) in [5, 5.41) is 3.63. The van der Waals surface area contributed by atoms with Crippen LogP contribution in [0.25, 0.3) is 0 Å². The van der Waals surface area contributed by atoms with Crippen molar-refractivity contribution in [3.05, 3.63) is 35.4 Å². The lowest BCUT2D eigenvalue weighted by Gasteiger charge is -2.27. The highest BCUT2D eigenvalue weighted by molar-refractivity contribution is 5.25. The lowest BCUT2D eigenvalue weighted by Crippen LogP contribution is -2.29. The first-order chi connectivity index (χ1) is 9.42. The van der Waals surface area contributed by atoms with Gasteiger partial charge in [-0.3, -0.25) is 4.90 Å². The summed E-state index contributed by atoms with van der Waals surface area (Å²) in [5.41, 5.74) is 2.95. The summed E-state index contributed by atoms with van der Waals surface area (Å²) >= 11 is 0. The molecule has 2 heterocycles. The van der Waals surface area contributed by atoms with Crippen LogP contribution in [0.2, 0.25) is 0 Å². The normalized spacial score (nSPS) is 25.4. The molecule has 0 bridgehead atoms. The smallest absolute Gasteiger partial charge is 0.0320 e. The molecule has 0 amide bonds. The van der Waals surface area contributed by atoms with Crippen molar-refractivity contribution in [2.75, 3.05) is 19.6 Å². The van der Waals surface area contributed by atoms with Gasteiger partial charge in [0.1, 0.15) is 0 Å². The summed E-state index contributed by atoms with van der Waals surface area (Å²) in [6, 6.07) is 9.93. The van der Waals surface area contributed by atoms with E-state index in [2.05, 4.69) is 34.5 Å². The largest absolute Gasteiger partial charge is 0.310 e. The number of nitrogens with zero attached hydrogens (tertiary/aromatic N) is 1. The molecule has 0 radical (unpaired) electrons. The van der Waals surface area contributed by atoms with E-state index in [-0.39, 0.29) is 0 Å². The van der Waals surface area contributed by atoms with Crippen LogP contribution >= 0.6 is 0 Å². The van der Waals surface area contributed by atoms with Gasteiger partial charge in [-0.2, -0.15) is 0 Å². The van der Waals surface area contributed by atoms with Crippen molar-refractivity contribution >= 4 is 0 Å². The van der Waals surface area contributed by atoms with E-state index in [0.29, 0.717) is 6.04 Å². The molecule has 2 saturated heterocycles. The molecule has 2 nitrogen and oxygen atoms in total. The molecular weight excluding hydrogens is 232 g/mol. The van der Waals surface area contributed by atoms with Gasteiger partial charge in [-0.15, -0.1) is 0 Å². The van der Waals surface area contributed by atoms with E-state index < -0.39 is 0 Å². The fraction of sp³-hybridized carbons (Fsp3) is 0.647. The van der Waals surface area contributed by atoms with Crippen LogP contribution < -0.4 is 5.32 Å². The monoisotopic (exact) mass is 258 g/mol. The van der Waals surface area contributed by atoms with Crippen LogP contribution in [-0.4, -0.2) is 24.5 Å². The number of piperidine rings is 2. The van der Waals surface area contributed by atoms with Crippen molar-refractivity contribution in [3.63, 3.8) is 0 Å². The van der Waals surface area contributed by atoms with Crippen LogP contribution in [0.4, 0.5) is 0 Å². The van der Waals surface area contributed by atoms with E-state index in [0.717, 1.165) is 6.54 Å². The van der Waals surface area contributed by atoms with Gasteiger partial charge in [0.25, 0.3) is 0 Å². The zero-order valence-electron chi connectivity index (χ0n) is 11.9. The quantitative estimate of drug-likeness (QED) is 0.893. The van der Waals surface area contributed by atoms with E-state index in [1.54, 1.807) is 0 Å². The van der Waals surface area contributed by atoms with Gasteiger partial charge in [-0.25, -0.2) is 0 Å². The summed E-state index contributed by atoms with van der Waals surface area (Å²) in [6.45, 7) is 4.89. The molecule has 1 atom stereocenters. The number of benzene rings is 1. The van der Waals surface area contributed by atoms with Gasteiger partial charge in [0.05, 0.1) is 0 Å². The molecule has 1 aromatic carbocycles. The number of hydrogen-bond acceptors (Lipinski definition) is 2. The van der Waals surface area contributed by atoms with Crippen LogP contribution in [0.5, 0.6) is 0 Å². The summed E-state index contributed by atoms with van der Waals surface area (Å²) in [5.74, 6) is 0. The number of rotatable bonds is 3. The Bertz CT molecular complexity index is 373. The first kappa shape index (κ1) is 13.1. The fourth-order valence-corrected chi connectivity index (χ4v) is 3.37. The van der Waals surface area contributed by atoms with Crippen molar-refractivity contribution < 1.29 is 0 Å². The van der Waals surface area contributed by atoms with Crippen LogP contribution in [0.3, 0.4) is 0 Å². The zero-order valence-corrected chi connectivity index (χ0v) is 11.9. The van der Waals surface area contributed by atoms with Gasteiger partial charge >= 0.3 is 0 Å². The van der Waals surface area contributed by atoms with E-state index in [9.17, 15) is 0 Å². The third-order valence-electron chi connectivity index (χ3n) is 4.55. The molecule has 2 aliphatic rings. The highest BCUT2D eigenvalue weighted by atomic mass is 15.1. The number of hydrogen-bond donors (Lipinski definition) is 1. The van der Waals surface area contributed by atoms with Crippen molar-refractivity contribution in [1.82, 2.24) is 10.2 Å². The standard InChI is InChI=1S/C17H26N2/c1-4-12-19(13-5-1)14-15-7-9-16(10-8-15)17-6-2-3-11-18-17/h7-10,17-18H,1-6,11-14H2.